The summed E-state index contributed by atoms with van der Waals surface area (Å²) >= 11 is 0. The number of nitrogens with two attached hydrogens (primary N) is 1. The molecular weight excluding hydrogens is 313 g/mol. The molecule has 7 heteroatoms. The summed E-state index contributed by atoms with van der Waals surface area (Å²) in [6.45, 7) is 4.99. The van der Waals surface area contributed by atoms with Gasteiger partial charge in [0.1, 0.15) is 12.4 Å². The zero-order chi connectivity index (χ0) is 13.5. The quantitative estimate of drug-likeness (QED) is 0.872. The van der Waals surface area contributed by atoms with Crippen LogP contribution in [-0.2, 0) is 4.79 Å². The van der Waals surface area contributed by atoms with Crippen LogP contribution >= 0.6 is 24.8 Å². The molecular formula is C14H23Cl2N3O2. The summed E-state index contributed by atoms with van der Waals surface area (Å²) in [5.41, 5.74) is 5.36. The largest absolute Gasteiger partial charge is 0.492 e. The molecule has 0 saturated carbocycles. The number of amides is 1. The third kappa shape index (κ3) is 6.52. The lowest BCUT2D eigenvalue weighted by Crippen LogP contribution is -2.50. The van der Waals surface area contributed by atoms with Crippen molar-refractivity contribution in [3.8, 4) is 5.75 Å². The summed E-state index contributed by atoms with van der Waals surface area (Å²) in [6, 6.07) is 9.81. The topological polar surface area (TPSA) is 58.8 Å². The molecule has 1 heterocycles. The van der Waals surface area contributed by atoms with Crippen LogP contribution in [0.3, 0.4) is 0 Å². The van der Waals surface area contributed by atoms with Gasteiger partial charge in [0.15, 0.2) is 0 Å². The lowest BCUT2D eigenvalue weighted by molar-refractivity contribution is -0.131. The van der Waals surface area contributed by atoms with Crippen LogP contribution in [0.1, 0.15) is 0 Å². The van der Waals surface area contributed by atoms with Gasteiger partial charge < -0.3 is 15.4 Å². The Morgan fingerprint density at radius 2 is 1.71 bits per heavy atom. The van der Waals surface area contributed by atoms with Crippen molar-refractivity contribution < 1.29 is 9.53 Å². The minimum atomic E-state index is 0. The van der Waals surface area contributed by atoms with E-state index in [1.54, 1.807) is 0 Å². The van der Waals surface area contributed by atoms with Crippen LogP contribution in [-0.4, -0.2) is 61.6 Å². The fraction of sp³-hybridized carbons (Fsp3) is 0.500. The number of carbonyl (C=O) groups is 1. The van der Waals surface area contributed by atoms with Crippen LogP contribution in [0.15, 0.2) is 30.3 Å². The van der Waals surface area contributed by atoms with Crippen molar-refractivity contribution in [2.75, 3.05) is 45.9 Å². The van der Waals surface area contributed by atoms with Gasteiger partial charge in [-0.1, -0.05) is 18.2 Å². The smallest absolute Gasteiger partial charge is 0.236 e. The van der Waals surface area contributed by atoms with E-state index in [2.05, 4.69) is 4.90 Å². The lowest BCUT2D eigenvalue weighted by atomic mass is 10.3. The Balaban J connectivity index is 0.00000200. The van der Waals surface area contributed by atoms with Crippen molar-refractivity contribution >= 4 is 30.7 Å². The predicted molar refractivity (Wildman–Crippen MR) is 88.5 cm³/mol. The maximum Gasteiger partial charge on any atom is 0.236 e. The minimum absolute atomic E-state index is 0. The van der Waals surface area contributed by atoms with E-state index in [9.17, 15) is 4.79 Å². The standard InChI is InChI=1S/C14H21N3O2.2ClH/c15-12-14(18)17-8-6-16(7-9-17)10-11-19-13-4-2-1-3-5-13;;/h1-5H,6-12,15H2;2*1H. The average Bonchev–Trinajstić information content (AvgIpc) is 2.48. The van der Waals surface area contributed by atoms with Crippen molar-refractivity contribution in [1.82, 2.24) is 9.80 Å². The summed E-state index contributed by atoms with van der Waals surface area (Å²) in [4.78, 5) is 15.6. The highest BCUT2D eigenvalue weighted by Crippen LogP contribution is 2.08. The number of nitrogens with zero attached hydrogens (tertiary/aromatic N) is 2. The van der Waals surface area contributed by atoms with Crippen molar-refractivity contribution in [1.29, 1.82) is 0 Å². The molecule has 0 unspecified atom stereocenters. The summed E-state index contributed by atoms with van der Waals surface area (Å²) in [5, 5.41) is 0. The Morgan fingerprint density at radius 3 is 2.29 bits per heavy atom. The molecule has 0 bridgehead atoms. The SMILES string of the molecule is Cl.Cl.NCC(=O)N1CCN(CCOc2ccccc2)CC1. The Morgan fingerprint density at radius 1 is 1.10 bits per heavy atom. The molecule has 0 aromatic heterocycles. The number of hydrogen-bond donors (Lipinski definition) is 1. The first kappa shape index (κ1) is 20.0. The van der Waals surface area contributed by atoms with Gasteiger partial charge in [-0.2, -0.15) is 0 Å². The van der Waals surface area contributed by atoms with Crippen LogP contribution < -0.4 is 10.5 Å². The molecule has 1 amide bonds. The fourth-order valence-electron chi connectivity index (χ4n) is 2.16. The Kier molecular flexibility index (Phi) is 10.2. The number of hydrogen-bond acceptors (Lipinski definition) is 4. The molecule has 0 atom stereocenters. The second kappa shape index (κ2) is 10.7. The summed E-state index contributed by atoms with van der Waals surface area (Å²) in [5.74, 6) is 0.944. The maximum absolute atomic E-state index is 11.4. The van der Waals surface area contributed by atoms with Crippen molar-refractivity contribution in [2.24, 2.45) is 5.73 Å². The van der Waals surface area contributed by atoms with E-state index >= 15 is 0 Å². The molecule has 1 fully saturated rings. The number of piperazine rings is 1. The number of halogens is 2. The zero-order valence-corrected chi connectivity index (χ0v) is 13.6. The highest BCUT2D eigenvalue weighted by molar-refractivity contribution is 5.85. The first-order valence-corrected chi connectivity index (χ1v) is 6.67. The van der Waals surface area contributed by atoms with E-state index in [0.717, 1.165) is 38.5 Å². The van der Waals surface area contributed by atoms with Crippen LogP contribution in [0.2, 0.25) is 0 Å². The first-order chi connectivity index (χ1) is 9.29. The number of benzene rings is 1. The number of para-hydroxylation sites is 1. The van der Waals surface area contributed by atoms with E-state index in [1.165, 1.54) is 0 Å². The van der Waals surface area contributed by atoms with Gasteiger partial charge in [-0.15, -0.1) is 24.8 Å². The van der Waals surface area contributed by atoms with E-state index in [-0.39, 0.29) is 37.3 Å². The van der Waals surface area contributed by atoms with Crippen molar-refractivity contribution in [2.45, 2.75) is 0 Å². The van der Waals surface area contributed by atoms with E-state index in [1.807, 2.05) is 35.2 Å². The number of carbonyl (C=O) groups excluding carboxylic acids is 1. The molecule has 2 rings (SSSR count). The molecule has 0 spiro atoms. The lowest BCUT2D eigenvalue weighted by Gasteiger charge is -2.34. The summed E-state index contributed by atoms with van der Waals surface area (Å²) < 4.78 is 5.66. The van der Waals surface area contributed by atoms with Crippen LogP contribution in [0.4, 0.5) is 0 Å². The molecule has 1 aromatic carbocycles. The molecule has 120 valence electrons. The first-order valence-electron chi connectivity index (χ1n) is 6.67. The van der Waals surface area contributed by atoms with E-state index < -0.39 is 0 Å². The molecule has 0 aliphatic carbocycles. The predicted octanol–water partition coefficient (Wildman–Crippen LogP) is 1.01. The fourth-order valence-corrected chi connectivity index (χ4v) is 2.16. The summed E-state index contributed by atoms with van der Waals surface area (Å²) in [6.07, 6.45) is 0. The van der Waals surface area contributed by atoms with Gasteiger partial charge in [-0.25, -0.2) is 0 Å². The third-order valence-corrected chi connectivity index (χ3v) is 3.32. The summed E-state index contributed by atoms with van der Waals surface area (Å²) in [7, 11) is 0. The van der Waals surface area contributed by atoms with Gasteiger partial charge in [0.25, 0.3) is 0 Å². The monoisotopic (exact) mass is 335 g/mol. The van der Waals surface area contributed by atoms with Crippen molar-refractivity contribution in [3.63, 3.8) is 0 Å². The normalized spacial score (nSPS) is 14.8. The average molecular weight is 336 g/mol. The highest BCUT2D eigenvalue weighted by Gasteiger charge is 2.19. The Hall–Kier alpha value is -1.01. The molecule has 21 heavy (non-hydrogen) atoms. The van der Waals surface area contributed by atoms with Crippen molar-refractivity contribution in [3.05, 3.63) is 30.3 Å². The second-order valence-corrected chi connectivity index (χ2v) is 4.59. The van der Waals surface area contributed by atoms with Gasteiger partial charge in [-0.05, 0) is 12.1 Å². The van der Waals surface area contributed by atoms with Gasteiger partial charge in [0, 0.05) is 32.7 Å². The highest BCUT2D eigenvalue weighted by atomic mass is 35.5. The van der Waals surface area contributed by atoms with Crippen LogP contribution in [0.5, 0.6) is 5.75 Å². The second-order valence-electron chi connectivity index (χ2n) is 4.59. The van der Waals surface area contributed by atoms with Gasteiger partial charge in [-0.3, -0.25) is 9.69 Å². The van der Waals surface area contributed by atoms with Crippen LogP contribution in [0.25, 0.3) is 0 Å². The zero-order valence-electron chi connectivity index (χ0n) is 11.9. The van der Waals surface area contributed by atoms with E-state index in [4.69, 9.17) is 10.5 Å². The molecule has 0 radical (unpaired) electrons. The van der Waals surface area contributed by atoms with Gasteiger partial charge in [0.2, 0.25) is 5.91 Å². The Labute approximate surface area is 138 Å². The maximum atomic E-state index is 11.4. The number of rotatable bonds is 5. The molecule has 1 aliphatic heterocycles. The molecule has 1 aliphatic rings. The van der Waals surface area contributed by atoms with Gasteiger partial charge >= 0.3 is 0 Å². The molecule has 1 saturated heterocycles. The minimum Gasteiger partial charge on any atom is -0.492 e. The third-order valence-electron chi connectivity index (χ3n) is 3.32. The molecule has 5 nitrogen and oxygen atoms in total. The van der Waals surface area contributed by atoms with Gasteiger partial charge in [0.05, 0.1) is 6.54 Å². The molecule has 1 aromatic rings. The van der Waals surface area contributed by atoms with E-state index in [0.29, 0.717) is 6.61 Å². The number of ether oxygens (including phenoxy) is 1. The Bertz CT molecular complexity index is 398. The molecule has 2 N–H and O–H groups in total. The van der Waals surface area contributed by atoms with Crippen LogP contribution in [0, 0.1) is 0 Å².